The number of hydrogen-bond donors (Lipinski definition) is 2. The van der Waals surface area contributed by atoms with Gasteiger partial charge in [0.05, 0.1) is 0 Å². The van der Waals surface area contributed by atoms with Crippen molar-refractivity contribution in [3.63, 3.8) is 0 Å². The Morgan fingerprint density at radius 3 is 2.53 bits per heavy atom. The van der Waals surface area contributed by atoms with Crippen LogP contribution in [0.4, 0.5) is 0 Å². The zero-order valence-electron chi connectivity index (χ0n) is 10.1. The molecular formula is C15H13INO2-. The molecule has 0 fully saturated rings. The van der Waals surface area contributed by atoms with Crippen LogP contribution in [0, 0.1) is 7.14 Å². The van der Waals surface area contributed by atoms with Crippen LogP contribution in [-0.4, -0.2) is 11.1 Å². The first-order chi connectivity index (χ1) is 9.28. The summed E-state index contributed by atoms with van der Waals surface area (Å²) in [4.78, 5) is 10.9. The molecule has 0 unspecified atom stereocenters. The number of hydroxylamine groups is 1. The molecule has 0 bridgehead atoms. The van der Waals surface area contributed by atoms with E-state index in [1.54, 1.807) is 11.6 Å². The maximum absolute atomic E-state index is 10.9. The molecule has 0 saturated carbocycles. The van der Waals surface area contributed by atoms with Crippen molar-refractivity contribution in [2.45, 2.75) is 0 Å². The van der Waals surface area contributed by atoms with Crippen molar-refractivity contribution >= 4 is 12.0 Å². The van der Waals surface area contributed by atoms with E-state index in [4.69, 9.17) is 5.21 Å². The standard InChI is InChI=1S/C15H13INO2/c18-15(17-19)10-9-12-5-4-8-14(11-12)16-13-6-2-1-3-7-13/h1-11,19H,(H,17,18)/q-1/b10-9+. The predicted octanol–water partition coefficient (Wildman–Crippen LogP) is -0.666. The van der Waals surface area contributed by atoms with Gasteiger partial charge in [-0.2, -0.15) is 0 Å². The van der Waals surface area contributed by atoms with Gasteiger partial charge in [0.2, 0.25) is 0 Å². The number of halogens is 1. The van der Waals surface area contributed by atoms with E-state index in [0.717, 1.165) is 5.56 Å². The molecule has 0 saturated heterocycles. The second-order valence-corrected chi connectivity index (χ2v) is 6.79. The van der Waals surface area contributed by atoms with Gasteiger partial charge in [0.15, 0.2) is 0 Å². The molecule has 0 aliphatic heterocycles. The quantitative estimate of drug-likeness (QED) is 0.327. The third-order valence-electron chi connectivity index (χ3n) is 2.34. The van der Waals surface area contributed by atoms with E-state index in [2.05, 4.69) is 24.3 Å². The maximum atomic E-state index is 10.9. The number of hydrogen-bond acceptors (Lipinski definition) is 2. The number of nitrogens with one attached hydrogen (secondary N) is 1. The summed E-state index contributed by atoms with van der Waals surface area (Å²) in [5.74, 6) is -0.525. The normalized spacial score (nSPS) is 10.8. The Bertz CT molecular complexity index is 582. The SMILES string of the molecule is O=C(/C=C/c1cccc([I-]c2ccccc2)c1)NO. The summed E-state index contributed by atoms with van der Waals surface area (Å²) in [6, 6.07) is 18.5. The Balaban J connectivity index is 2.11. The molecule has 0 heterocycles. The van der Waals surface area contributed by atoms with Gasteiger partial charge < -0.3 is 0 Å². The molecule has 1 amide bonds. The molecule has 0 aliphatic carbocycles. The van der Waals surface area contributed by atoms with Gasteiger partial charge in [0.1, 0.15) is 0 Å². The van der Waals surface area contributed by atoms with Crippen molar-refractivity contribution in [1.82, 2.24) is 5.48 Å². The molecule has 19 heavy (non-hydrogen) atoms. The van der Waals surface area contributed by atoms with Crippen molar-refractivity contribution in [2.24, 2.45) is 0 Å². The summed E-state index contributed by atoms with van der Waals surface area (Å²) < 4.78 is 2.65. The van der Waals surface area contributed by atoms with Gasteiger partial charge in [-0.05, 0) is 0 Å². The van der Waals surface area contributed by atoms with Crippen LogP contribution in [0.15, 0.2) is 60.7 Å². The topological polar surface area (TPSA) is 49.3 Å². The van der Waals surface area contributed by atoms with Crippen LogP contribution in [0.2, 0.25) is 0 Å². The first-order valence-electron chi connectivity index (χ1n) is 5.70. The Kier molecular flexibility index (Phi) is 5.11. The van der Waals surface area contributed by atoms with Crippen LogP contribution < -0.4 is 26.7 Å². The summed E-state index contributed by atoms with van der Waals surface area (Å²) >= 11 is -0.203. The van der Waals surface area contributed by atoms with E-state index in [1.807, 2.05) is 30.3 Å². The van der Waals surface area contributed by atoms with Crippen molar-refractivity contribution < 1.29 is 31.2 Å². The number of rotatable bonds is 4. The second-order valence-electron chi connectivity index (χ2n) is 3.75. The summed E-state index contributed by atoms with van der Waals surface area (Å²) in [7, 11) is 0. The number of carbonyl (C=O) groups excluding carboxylic acids is 1. The fourth-order valence-electron chi connectivity index (χ4n) is 1.48. The molecule has 2 rings (SSSR count). The van der Waals surface area contributed by atoms with Crippen LogP contribution in [0.1, 0.15) is 5.56 Å². The van der Waals surface area contributed by atoms with Crippen LogP contribution in [0.25, 0.3) is 6.08 Å². The van der Waals surface area contributed by atoms with Crippen molar-refractivity contribution in [3.05, 3.63) is 73.4 Å². The van der Waals surface area contributed by atoms with Crippen molar-refractivity contribution in [3.8, 4) is 0 Å². The van der Waals surface area contributed by atoms with E-state index < -0.39 is 5.91 Å². The molecule has 2 aromatic rings. The Hall–Kier alpha value is -1.66. The summed E-state index contributed by atoms with van der Waals surface area (Å²) in [5, 5.41) is 8.42. The zero-order valence-corrected chi connectivity index (χ0v) is 12.2. The van der Waals surface area contributed by atoms with Gasteiger partial charge in [-0.3, -0.25) is 0 Å². The number of amides is 1. The molecule has 98 valence electrons. The van der Waals surface area contributed by atoms with E-state index in [1.165, 1.54) is 13.2 Å². The van der Waals surface area contributed by atoms with Crippen molar-refractivity contribution in [1.29, 1.82) is 0 Å². The molecule has 0 atom stereocenters. The van der Waals surface area contributed by atoms with Gasteiger partial charge >= 0.3 is 122 Å². The number of carbonyl (C=O) groups is 1. The van der Waals surface area contributed by atoms with E-state index in [0.29, 0.717) is 0 Å². The molecule has 0 aromatic heterocycles. The summed E-state index contributed by atoms with van der Waals surface area (Å²) in [5.41, 5.74) is 2.53. The average Bonchev–Trinajstić information content (AvgIpc) is 2.46. The Labute approximate surface area is 122 Å². The molecular weight excluding hydrogens is 353 g/mol. The minimum absolute atomic E-state index is 0.203. The minimum atomic E-state index is -0.525. The third-order valence-corrected chi connectivity index (χ3v) is 4.97. The van der Waals surface area contributed by atoms with Gasteiger partial charge in [-0.15, -0.1) is 0 Å². The third kappa shape index (κ3) is 4.50. The van der Waals surface area contributed by atoms with Gasteiger partial charge in [-0.25, -0.2) is 0 Å². The molecule has 0 aliphatic rings. The molecule has 0 spiro atoms. The van der Waals surface area contributed by atoms with Crippen LogP contribution in [0.5, 0.6) is 0 Å². The Morgan fingerprint density at radius 2 is 1.79 bits per heavy atom. The zero-order chi connectivity index (χ0) is 13.5. The second kappa shape index (κ2) is 7.06. The number of benzene rings is 2. The summed E-state index contributed by atoms with van der Waals surface area (Å²) in [6.07, 6.45) is 2.99. The van der Waals surface area contributed by atoms with Crippen LogP contribution in [0.3, 0.4) is 0 Å². The first-order valence-corrected chi connectivity index (χ1v) is 7.86. The van der Waals surface area contributed by atoms with Gasteiger partial charge in [0.25, 0.3) is 0 Å². The molecule has 2 aromatic carbocycles. The van der Waals surface area contributed by atoms with E-state index in [9.17, 15) is 4.79 Å². The fourth-order valence-corrected chi connectivity index (χ4v) is 3.88. The monoisotopic (exact) mass is 366 g/mol. The van der Waals surface area contributed by atoms with Gasteiger partial charge in [-0.1, -0.05) is 0 Å². The van der Waals surface area contributed by atoms with Crippen LogP contribution in [-0.2, 0) is 4.79 Å². The summed E-state index contributed by atoms with van der Waals surface area (Å²) in [6.45, 7) is 0. The van der Waals surface area contributed by atoms with Gasteiger partial charge in [0, 0.05) is 0 Å². The molecule has 2 N–H and O–H groups in total. The van der Waals surface area contributed by atoms with E-state index >= 15 is 0 Å². The molecule has 3 nitrogen and oxygen atoms in total. The average molecular weight is 366 g/mol. The molecule has 4 heteroatoms. The Morgan fingerprint density at radius 1 is 1.05 bits per heavy atom. The first kappa shape index (κ1) is 13.8. The fraction of sp³-hybridized carbons (Fsp3) is 0. The van der Waals surface area contributed by atoms with Crippen molar-refractivity contribution in [2.75, 3.05) is 0 Å². The van der Waals surface area contributed by atoms with E-state index in [-0.39, 0.29) is 21.2 Å². The molecule has 0 radical (unpaired) electrons. The van der Waals surface area contributed by atoms with Crippen LogP contribution >= 0.6 is 0 Å². The predicted molar refractivity (Wildman–Crippen MR) is 69.2 cm³/mol.